The van der Waals surface area contributed by atoms with Gasteiger partial charge in [0.05, 0.1) is 11.1 Å². The van der Waals surface area contributed by atoms with Crippen LogP contribution in [0.4, 0.5) is 4.48 Å². The third kappa shape index (κ3) is 2.12. The Morgan fingerprint density at radius 3 is 2.55 bits per heavy atom. The molecule has 22 heavy (non-hydrogen) atoms. The number of benzene rings is 2. The molecule has 6 nitrogen and oxygen atoms in total. The second-order valence-corrected chi connectivity index (χ2v) is 4.73. The standard InChI is InChI=1S/C15H10FN2O4/c16-18-14(20)11-7-3-6-9(12(11)13(19)17-18)8-4-1-2-5-10(8)15(21)22/h1-7,14H,(H,17,19)(H,21,22). The van der Waals surface area contributed by atoms with Crippen molar-refractivity contribution < 1.29 is 24.3 Å². The SMILES string of the molecule is [O]C1c2cccc(-c3ccccc3C(=O)O)c2C(=O)NN1F. The lowest BCUT2D eigenvalue weighted by Crippen LogP contribution is -2.44. The van der Waals surface area contributed by atoms with Crippen molar-refractivity contribution in [3.63, 3.8) is 0 Å². The first kappa shape index (κ1) is 14.2. The Labute approximate surface area is 124 Å². The highest BCUT2D eigenvalue weighted by atomic mass is 19.2. The van der Waals surface area contributed by atoms with Crippen LogP contribution in [0.5, 0.6) is 0 Å². The largest absolute Gasteiger partial charge is 0.478 e. The monoisotopic (exact) mass is 301 g/mol. The molecular formula is C15H10FN2O4. The second-order valence-electron chi connectivity index (χ2n) is 4.73. The lowest BCUT2D eigenvalue weighted by Gasteiger charge is -2.27. The van der Waals surface area contributed by atoms with Gasteiger partial charge < -0.3 is 5.11 Å². The third-order valence-electron chi connectivity index (χ3n) is 3.45. The number of carbonyl (C=O) groups excluding carboxylic acids is 1. The van der Waals surface area contributed by atoms with Gasteiger partial charge in [0, 0.05) is 5.56 Å². The van der Waals surface area contributed by atoms with E-state index in [1.54, 1.807) is 12.1 Å². The van der Waals surface area contributed by atoms with Crippen LogP contribution in [0.2, 0.25) is 0 Å². The minimum atomic E-state index is -1.90. The molecule has 3 rings (SSSR count). The molecule has 1 unspecified atom stereocenters. The van der Waals surface area contributed by atoms with Gasteiger partial charge >= 0.3 is 5.97 Å². The van der Waals surface area contributed by atoms with Gasteiger partial charge in [-0.05, 0) is 22.4 Å². The molecule has 0 spiro atoms. The molecule has 1 heterocycles. The highest BCUT2D eigenvalue weighted by Gasteiger charge is 2.34. The number of rotatable bonds is 2. The van der Waals surface area contributed by atoms with Crippen LogP contribution in [-0.4, -0.2) is 22.2 Å². The van der Waals surface area contributed by atoms with Gasteiger partial charge in [-0.15, -0.1) is 4.48 Å². The smallest absolute Gasteiger partial charge is 0.336 e. The molecule has 0 bridgehead atoms. The topological polar surface area (TPSA) is 89.5 Å². The fourth-order valence-electron chi connectivity index (χ4n) is 2.49. The average molecular weight is 301 g/mol. The fraction of sp³-hybridized carbons (Fsp3) is 0.0667. The van der Waals surface area contributed by atoms with E-state index in [1.165, 1.54) is 30.3 Å². The van der Waals surface area contributed by atoms with E-state index in [2.05, 4.69) is 0 Å². The Hall–Kier alpha value is -2.77. The van der Waals surface area contributed by atoms with Gasteiger partial charge in [-0.25, -0.2) is 9.90 Å². The van der Waals surface area contributed by atoms with Gasteiger partial charge in [0.15, 0.2) is 0 Å². The molecule has 1 aliphatic rings. The van der Waals surface area contributed by atoms with Crippen LogP contribution in [-0.2, 0) is 5.11 Å². The van der Waals surface area contributed by atoms with Crippen molar-refractivity contribution in [1.82, 2.24) is 10.7 Å². The van der Waals surface area contributed by atoms with Gasteiger partial charge in [0.25, 0.3) is 5.91 Å². The summed E-state index contributed by atoms with van der Waals surface area (Å²) in [6.45, 7) is 0. The van der Waals surface area contributed by atoms with Crippen molar-refractivity contribution in [3.05, 3.63) is 59.2 Å². The lowest BCUT2D eigenvalue weighted by atomic mass is 9.90. The Bertz CT molecular complexity index is 778. The zero-order valence-corrected chi connectivity index (χ0v) is 11.1. The van der Waals surface area contributed by atoms with E-state index in [4.69, 9.17) is 0 Å². The van der Waals surface area contributed by atoms with Crippen molar-refractivity contribution in [1.29, 1.82) is 0 Å². The van der Waals surface area contributed by atoms with Crippen LogP contribution < -0.4 is 5.43 Å². The van der Waals surface area contributed by atoms with Crippen LogP contribution in [0, 0.1) is 0 Å². The fourth-order valence-corrected chi connectivity index (χ4v) is 2.49. The number of hydrazine groups is 1. The van der Waals surface area contributed by atoms with E-state index < -0.39 is 18.1 Å². The van der Waals surface area contributed by atoms with Crippen LogP contribution in [0.1, 0.15) is 32.5 Å². The highest BCUT2D eigenvalue weighted by molar-refractivity contribution is 6.06. The van der Waals surface area contributed by atoms with Gasteiger partial charge in [0.1, 0.15) is 0 Å². The summed E-state index contributed by atoms with van der Waals surface area (Å²) in [5.74, 6) is -1.95. The molecule has 2 aromatic rings. The third-order valence-corrected chi connectivity index (χ3v) is 3.45. The summed E-state index contributed by atoms with van der Waals surface area (Å²) in [6, 6.07) is 10.5. The van der Waals surface area contributed by atoms with Crippen LogP contribution in [0.15, 0.2) is 42.5 Å². The van der Waals surface area contributed by atoms with E-state index in [0.717, 1.165) is 0 Å². The Morgan fingerprint density at radius 2 is 1.82 bits per heavy atom. The average Bonchev–Trinajstić information content (AvgIpc) is 2.52. The molecule has 0 fully saturated rings. The molecule has 1 atom stereocenters. The Morgan fingerprint density at radius 1 is 1.14 bits per heavy atom. The summed E-state index contributed by atoms with van der Waals surface area (Å²) in [4.78, 5) is 23.4. The summed E-state index contributed by atoms with van der Waals surface area (Å²) < 4.78 is 13.3. The number of fused-ring (bicyclic) bond motifs is 1. The van der Waals surface area contributed by atoms with Crippen molar-refractivity contribution in [3.8, 4) is 11.1 Å². The van der Waals surface area contributed by atoms with Crippen LogP contribution in [0.3, 0.4) is 0 Å². The number of carboxylic acids is 1. The molecule has 2 N–H and O–H groups in total. The minimum absolute atomic E-state index is 0.00572. The van der Waals surface area contributed by atoms with Crippen molar-refractivity contribution in [2.75, 3.05) is 0 Å². The number of amides is 1. The molecule has 1 aliphatic heterocycles. The summed E-state index contributed by atoms with van der Waals surface area (Å²) in [5.41, 5.74) is 2.33. The number of hydrogen-bond acceptors (Lipinski definition) is 3. The maximum absolute atomic E-state index is 13.3. The predicted molar refractivity (Wildman–Crippen MR) is 72.7 cm³/mol. The molecule has 0 aromatic heterocycles. The van der Waals surface area contributed by atoms with Crippen molar-refractivity contribution in [2.45, 2.75) is 6.23 Å². The van der Waals surface area contributed by atoms with Gasteiger partial charge in [-0.2, -0.15) is 0 Å². The normalized spacial score (nSPS) is 17.7. The number of carbonyl (C=O) groups is 2. The molecule has 1 amide bonds. The van der Waals surface area contributed by atoms with E-state index in [1.807, 2.05) is 5.43 Å². The highest BCUT2D eigenvalue weighted by Crippen LogP contribution is 2.35. The van der Waals surface area contributed by atoms with Crippen molar-refractivity contribution >= 4 is 11.9 Å². The molecule has 2 aromatic carbocycles. The molecule has 111 valence electrons. The quantitative estimate of drug-likeness (QED) is 0.833. The summed E-state index contributed by atoms with van der Waals surface area (Å²) in [6.07, 6.45) is -1.90. The number of aromatic carboxylic acids is 1. The number of hydrogen-bond donors (Lipinski definition) is 2. The number of carboxylic acid groups (broad SMARTS) is 1. The molecular weight excluding hydrogens is 291 g/mol. The van der Waals surface area contributed by atoms with E-state index in [-0.39, 0.29) is 27.5 Å². The summed E-state index contributed by atoms with van der Waals surface area (Å²) >= 11 is 0. The number of halogens is 1. The zero-order valence-electron chi connectivity index (χ0n) is 11.1. The molecule has 1 radical (unpaired) electrons. The van der Waals surface area contributed by atoms with Crippen LogP contribution in [0.25, 0.3) is 11.1 Å². The Balaban J connectivity index is 2.27. The van der Waals surface area contributed by atoms with Gasteiger partial charge in [0.2, 0.25) is 6.23 Å². The zero-order chi connectivity index (χ0) is 15.9. The first-order chi connectivity index (χ1) is 10.5. The van der Waals surface area contributed by atoms with Gasteiger partial charge in [-0.1, -0.05) is 36.4 Å². The molecule has 7 heteroatoms. The summed E-state index contributed by atoms with van der Waals surface area (Å²) in [7, 11) is 0. The minimum Gasteiger partial charge on any atom is -0.478 e. The number of nitrogens with zero attached hydrogens (tertiary/aromatic N) is 1. The van der Waals surface area contributed by atoms with Crippen LogP contribution >= 0.6 is 0 Å². The van der Waals surface area contributed by atoms with E-state index in [9.17, 15) is 24.3 Å². The van der Waals surface area contributed by atoms with Crippen molar-refractivity contribution in [2.24, 2.45) is 0 Å². The first-order valence-corrected chi connectivity index (χ1v) is 6.38. The predicted octanol–water partition coefficient (Wildman–Crippen LogP) is 2.33. The number of nitrogens with one attached hydrogen (secondary N) is 1. The maximum Gasteiger partial charge on any atom is 0.336 e. The maximum atomic E-state index is 13.3. The van der Waals surface area contributed by atoms with Gasteiger partial charge in [-0.3, -0.25) is 10.2 Å². The lowest BCUT2D eigenvalue weighted by molar-refractivity contribution is -0.185. The molecule has 0 saturated carbocycles. The first-order valence-electron chi connectivity index (χ1n) is 6.38. The van der Waals surface area contributed by atoms with E-state index in [0.29, 0.717) is 5.56 Å². The molecule has 0 saturated heterocycles. The molecule has 0 aliphatic carbocycles. The summed E-state index contributed by atoms with van der Waals surface area (Å²) in [5, 5.41) is 20.8. The van der Waals surface area contributed by atoms with E-state index >= 15 is 0 Å². The Kier molecular flexibility index (Phi) is 3.36. The second kappa shape index (κ2) is 5.21.